The summed E-state index contributed by atoms with van der Waals surface area (Å²) in [5, 5.41) is 9.81. The van der Waals surface area contributed by atoms with E-state index in [0.29, 0.717) is 5.56 Å². The quantitative estimate of drug-likeness (QED) is 0.442. The number of nitrogens with zero attached hydrogens (tertiary/aromatic N) is 4. The molecule has 1 aliphatic rings. The monoisotopic (exact) mass is 530 g/mol. The first-order valence-corrected chi connectivity index (χ1v) is 14.0. The number of aromatic nitrogens is 2. The molecule has 0 spiro atoms. The Morgan fingerprint density at radius 1 is 1.08 bits per heavy atom. The number of sulfonamides is 1. The zero-order chi connectivity index (χ0) is 25.9. The molecule has 4 rings (SSSR count). The van der Waals surface area contributed by atoms with Crippen molar-refractivity contribution in [2.24, 2.45) is 0 Å². The van der Waals surface area contributed by atoms with Gasteiger partial charge in [0.05, 0.1) is 12.1 Å². The number of hydrogen-bond donors (Lipinski definition) is 1. The van der Waals surface area contributed by atoms with Crippen molar-refractivity contribution in [3.05, 3.63) is 59.4 Å². The Hall–Kier alpha value is -3.18. The van der Waals surface area contributed by atoms with Gasteiger partial charge in [-0.3, -0.25) is 4.31 Å². The molecule has 36 heavy (non-hydrogen) atoms. The van der Waals surface area contributed by atoms with Crippen LogP contribution >= 0.6 is 11.3 Å². The van der Waals surface area contributed by atoms with Crippen LogP contribution in [0.25, 0.3) is 0 Å². The van der Waals surface area contributed by atoms with Gasteiger partial charge in [0.1, 0.15) is 27.1 Å². The summed E-state index contributed by atoms with van der Waals surface area (Å²) in [7, 11) is -4.13. The van der Waals surface area contributed by atoms with Crippen LogP contribution in [0, 0.1) is 0 Å². The number of piperidine rings is 1. The first kappa shape index (κ1) is 25.9. The summed E-state index contributed by atoms with van der Waals surface area (Å²) in [6.45, 7) is 6.92. The first-order valence-electron chi connectivity index (χ1n) is 11.7. The Labute approximate surface area is 215 Å². The molecule has 0 unspecified atom stereocenters. The third kappa shape index (κ3) is 5.96. The van der Waals surface area contributed by atoms with Crippen LogP contribution in [0.4, 0.5) is 10.8 Å². The van der Waals surface area contributed by atoms with E-state index in [2.05, 4.69) is 14.9 Å². The third-order valence-electron chi connectivity index (χ3n) is 5.62. The number of aromatic hydroxyl groups is 1. The molecule has 0 radical (unpaired) electrons. The summed E-state index contributed by atoms with van der Waals surface area (Å²) in [4.78, 5) is 23.6. The van der Waals surface area contributed by atoms with E-state index in [4.69, 9.17) is 4.74 Å². The lowest BCUT2D eigenvalue weighted by Crippen LogP contribution is -2.33. The van der Waals surface area contributed by atoms with Crippen LogP contribution in [-0.4, -0.2) is 48.2 Å². The lowest BCUT2D eigenvalue weighted by atomic mass is 10.1. The van der Waals surface area contributed by atoms with E-state index in [1.807, 2.05) is 0 Å². The maximum absolute atomic E-state index is 13.9. The molecular weight excluding hydrogens is 500 g/mol. The highest BCUT2D eigenvalue weighted by Crippen LogP contribution is 2.34. The minimum atomic E-state index is -4.13. The van der Waals surface area contributed by atoms with Crippen molar-refractivity contribution in [1.29, 1.82) is 0 Å². The number of ether oxygens (including phenoxy) is 1. The van der Waals surface area contributed by atoms with Crippen molar-refractivity contribution in [3.63, 3.8) is 0 Å². The smallest absolute Gasteiger partial charge is 0.360 e. The van der Waals surface area contributed by atoms with E-state index in [1.54, 1.807) is 45.0 Å². The van der Waals surface area contributed by atoms with Crippen molar-refractivity contribution in [3.8, 4) is 5.75 Å². The topological polar surface area (TPSA) is 113 Å². The molecule has 0 saturated carbocycles. The highest BCUT2D eigenvalue weighted by molar-refractivity contribution is 7.93. The molecule has 192 valence electrons. The second-order valence-electron chi connectivity index (χ2n) is 9.59. The summed E-state index contributed by atoms with van der Waals surface area (Å²) in [5.74, 6) is 0.104. The number of anilines is 2. The average molecular weight is 531 g/mol. The minimum Gasteiger partial charge on any atom is -0.508 e. The number of esters is 1. The Bertz CT molecular complexity index is 1290. The molecule has 11 heteroatoms. The normalized spacial score (nSPS) is 14.5. The molecule has 1 aromatic carbocycles. The van der Waals surface area contributed by atoms with Crippen LogP contribution in [0.1, 0.15) is 56.1 Å². The van der Waals surface area contributed by atoms with E-state index in [9.17, 15) is 18.3 Å². The Balaban J connectivity index is 1.71. The third-order valence-corrected chi connectivity index (χ3v) is 8.31. The molecular formula is C25H30N4O5S2. The molecule has 3 aromatic rings. The number of pyridine rings is 1. The molecule has 1 saturated heterocycles. The van der Waals surface area contributed by atoms with Gasteiger partial charge in [0.15, 0.2) is 5.69 Å². The molecule has 1 fully saturated rings. The Morgan fingerprint density at radius 3 is 2.39 bits per heavy atom. The number of hydrogen-bond acceptors (Lipinski definition) is 9. The summed E-state index contributed by atoms with van der Waals surface area (Å²) >= 11 is 1.04. The first-order chi connectivity index (χ1) is 17.0. The van der Waals surface area contributed by atoms with Gasteiger partial charge in [-0.15, -0.1) is 11.3 Å². The largest absolute Gasteiger partial charge is 0.508 e. The number of rotatable bonds is 7. The van der Waals surface area contributed by atoms with E-state index < -0.39 is 21.6 Å². The maximum Gasteiger partial charge on any atom is 0.360 e. The molecule has 1 aliphatic heterocycles. The molecule has 0 aliphatic carbocycles. The SMILES string of the molecule is CC(C)(C)OC(=O)c1ncsc1N(Cc1ccc(O)cc1)S(=O)(=O)c1ccc(N2CCCCC2)nc1. The van der Waals surface area contributed by atoms with Gasteiger partial charge >= 0.3 is 5.97 Å². The van der Waals surface area contributed by atoms with Gasteiger partial charge < -0.3 is 14.7 Å². The lowest BCUT2D eigenvalue weighted by molar-refractivity contribution is 0.00646. The van der Waals surface area contributed by atoms with Crippen molar-refractivity contribution in [1.82, 2.24) is 9.97 Å². The second kappa shape index (κ2) is 10.4. The fourth-order valence-corrected chi connectivity index (χ4v) is 6.29. The zero-order valence-corrected chi connectivity index (χ0v) is 22.2. The summed E-state index contributed by atoms with van der Waals surface area (Å²) in [6.07, 6.45) is 4.71. The van der Waals surface area contributed by atoms with Crippen LogP contribution < -0.4 is 9.21 Å². The number of phenolic OH excluding ortho intramolecular Hbond substituents is 1. The maximum atomic E-state index is 13.9. The van der Waals surface area contributed by atoms with Crippen LogP contribution in [0.15, 0.2) is 53.0 Å². The molecule has 9 nitrogen and oxygen atoms in total. The molecule has 0 amide bonds. The highest BCUT2D eigenvalue weighted by atomic mass is 32.2. The molecule has 2 aromatic heterocycles. The molecule has 0 bridgehead atoms. The van der Waals surface area contributed by atoms with Crippen molar-refractivity contribution < 1.29 is 23.1 Å². The van der Waals surface area contributed by atoms with E-state index in [-0.39, 0.29) is 27.9 Å². The summed E-state index contributed by atoms with van der Waals surface area (Å²) in [5.41, 5.74) is 1.20. The van der Waals surface area contributed by atoms with Crippen LogP contribution in [0.2, 0.25) is 0 Å². The number of thiazole rings is 1. The fraction of sp³-hybridized carbons (Fsp3) is 0.400. The number of phenols is 1. The van der Waals surface area contributed by atoms with Gasteiger partial charge in [-0.05, 0) is 69.9 Å². The van der Waals surface area contributed by atoms with Crippen LogP contribution in [-0.2, 0) is 21.3 Å². The van der Waals surface area contributed by atoms with Crippen LogP contribution in [0.3, 0.4) is 0 Å². The van der Waals surface area contributed by atoms with Gasteiger partial charge in [-0.2, -0.15) is 0 Å². The van der Waals surface area contributed by atoms with Gasteiger partial charge in [0.25, 0.3) is 10.0 Å². The Kier molecular flexibility index (Phi) is 7.51. The van der Waals surface area contributed by atoms with Gasteiger partial charge in [-0.25, -0.2) is 23.2 Å². The average Bonchev–Trinajstić information content (AvgIpc) is 3.33. The van der Waals surface area contributed by atoms with Crippen molar-refractivity contribution >= 4 is 38.1 Å². The van der Waals surface area contributed by atoms with Crippen LogP contribution in [0.5, 0.6) is 5.75 Å². The van der Waals surface area contributed by atoms with Gasteiger partial charge in [0, 0.05) is 19.3 Å². The molecule has 1 N–H and O–H groups in total. The number of carbonyl (C=O) groups is 1. The van der Waals surface area contributed by atoms with Crippen molar-refractivity contribution in [2.45, 2.75) is 57.1 Å². The van der Waals surface area contributed by atoms with Gasteiger partial charge in [0.2, 0.25) is 0 Å². The highest BCUT2D eigenvalue weighted by Gasteiger charge is 2.33. The zero-order valence-electron chi connectivity index (χ0n) is 20.5. The summed E-state index contributed by atoms with van der Waals surface area (Å²) < 4.78 is 34.4. The van der Waals surface area contributed by atoms with Crippen molar-refractivity contribution in [2.75, 3.05) is 22.3 Å². The standard InChI is InChI=1S/C25H30N4O5S2/c1-25(2,3)34-24(31)22-23(35-17-27-22)29(16-18-7-9-19(30)10-8-18)36(32,33)20-11-12-21(26-15-20)28-13-5-4-6-14-28/h7-12,15,17,30H,4-6,13-14,16H2,1-3H3. The molecule has 0 atom stereocenters. The summed E-state index contributed by atoms with van der Waals surface area (Å²) in [6, 6.07) is 9.49. The van der Waals surface area contributed by atoms with Gasteiger partial charge in [-0.1, -0.05) is 12.1 Å². The molecule has 3 heterocycles. The predicted octanol–water partition coefficient (Wildman–Crippen LogP) is 4.58. The minimum absolute atomic E-state index is 0.00516. The fourth-order valence-electron chi connectivity index (χ4n) is 3.88. The number of benzene rings is 1. The van der Waals surface area contributed by atoms with E-state index in [0.717, 1.165) is 47.4 Å². The predicted molar refractivity (Wildman–Crippen MR) is 139 cm³/mol. The lowest BCUT2D eigenvalue weighted by Gasteiger charge is -2.28. The second-order valence-corrected chi connectivity index (χ2v) is 12.3. The van der Waals surface area contributed by atoms with E-state index in [1.165, 1.54) is 30.3 Å². The number of carbonyl (C=O) groups excluding carboxylic acids is 1. The van der Waals surface area contributed by atoms with E-state index >= 15 is 0 Å². The Morgan fingerprint density at radius 2 is 1.78 bits per heavy atom.